The Balaban J connectivity index is 2.34. The second kappa shape index (κ2) is 8.24. The number of aryl methyl sites for hydroxylation is 1. The van der Waals surface area contributed by atoms with Crippen molar-refractivity contribution < 1.29 is 13.7 Å². The molecule has 0 aliphatic carbocycles. The summed E-state index contributed by atoms with van der Waals surface area (Å²) in [6.45, 7) is 3.73. The number of methoxy groups -OCH3 is 1. The molecule has 18 heavy (non-hydrogen) atoms. The first-order chi connectivity index (χ1) is 8.65. The van der Waals surface area contributed by atoms with Gasteiger partial charge in [0.25, 0.3) is 0 Å². The molecule has 1 rings (SSSR count). The summed E-state index contributed by atoms with van der Waals surface area (Å²) in [7, 11) is 0.636. The molecule has 0 amide bonds. The van der Waals surface area contributed by atoms with Crippen LogP contribution >= 0.6 is 0 Å². The summed E-state index contributed by atoms with van der Waals surface area (Å²) < 4.78 is 22.3. The maximum absolute atomic E-state index is 12.1. The van der Waals surface area contributed by atoms with Crippen LogP contribution in [0.25, 0.3) is 0 Å². The zero-order chi connectivity index (χ0) is 13.4. The number of ether oxygens (including phenoxy) is 2. The summed E-state index contributed by atoms with van der Waals surface area (Å²) in [5.74, 6) is 0.595. The van der Waals surface area contributed by atoms with E-state index in [0.29, 0.717) is 31.3 Å². The number of nitrogens with two attached hydrogens (primary N) is 1. The van der Waals surface area contributed by atoms with Crippen LogP contribution in [0.3, 0.4) is 0 Å². The molecule has 0 aliphatic rings. The fraction of sp³-hybridized carbons (Fsp3) is 0.538. The molecule has 0 aromatic heterocycles. The Bertz CT molecular complexity index is 396. The van der Waals surface area contributed by atoms with Crippen molar-refractivity contribution in [2.75, 3.05) is 38.4 Å². The molecule has 0 heterocycles. The third-order valence-corrected chi connectivity index (χ3v) is 4.10. The number of rotatable bonds is 8. The van der Waals surface area contributed by atoms with Crippen LogP contribution in [0, 0.1) is 6.92 Å². The van der Waals surface area contributed by atoms with E-state index < -0.39 is 10.8 Å². The molecular formula is C13H21NO3S. The van der Waals surface area contributed by atoms with Gasteiger partial charge in [-0.3, -0.25) is 4.21 Å². The van der Waals surface area contributed by atoms with Gasteiger partial charge >= 0.3 is 0 Å². The van der Waals surface area contributed by atoms with Crippen molar-refractivity contribution in [1.82, 2.24) is 0 Å². The van der Waals surface area contributed by atoms with E-state index in [1.165, 1.54) is 0 Å². The molecule has 0 radical (unpaired) electrons. The van der Waals surface area contributed by atoms with Crippen LogP contribution < -0.4 is 5.73 Å². The van der Waals surface area contributed by atoms with Crippen molar-refractivity contribution in [3.8, 4) is 0 Å². The number of nitrogen functional groups attached to an aromatic ring is 1. The van der Waals surface area contributed by atoms with Crippen LogP contribution in [0.15, 0.2) is 23.1 Å². The van der Waals surface area contributed by atoms with Crippen molar-refractivity contribution in [3.05, 3.63) is 23.8 Å². The molecular weight excluding hydrogens is 250 g/mol. The zero-order valence-corrected chi connectivity index (χ0v) is 11.8. The highest BCUT2D eigenvalue weighted by Crippen LogP contribution is 2.17. The van der Waals surface area contributed by atoms with Crippen LogP contribution in [-0.2, 0) is 20.3 Å². The summed E-state index contributed by atoms with van der Waals surface area (Å²) in [6, 6.07) is 5.51. The third kappa shape index (κ3) is 5.16. The summed E-state index contributed by atoms with van der Waals surface area (Å²) in [5, 5.41) is 0. The fourth-order valence-corrected chi connectivity index (χ4v) is 2.80. The van der Waals surface area contributed by atoms with Crippen LogP contribution in [0.2, 0.25) is 0 Å². The normalized spacial score (nSPS) is 12.6. The fourth-order valence-electron chi connectivity index (χ4n) is 1.51. The predicted octanol–water partition coefficient (Wildman–Crippen LogP) is 1.74. The Morgan fingerprint density at radius 3 is 2.78 bits per heavy atom. The first kappa shape index (κ1) is 15.1. The quantitative estimate of drug-likeness (QED) is 0.578. The van der Waals surface area contributed by atoms with Gasteiger partial charge in [-0.2, -0.15) is 0 Å². The van der Waals surface area contributed by atoms with Gasteiger partial charge in [0.15, 0.2) is 0 Å². The van der Waals surface area contributed by atoms with Gasteiger partial charge < -0.3 is 15.2 Å². The standard InChI is InChI=1S/C13H21NO3S/c1-11-4-5-12(14)10-13(11)18(15)9-3-6-17-8-7-16-2/h4-5,10H,3,6-9,14H2,1-2H3. The molecule has 102 valence electrons. The minimum atomic E-state index is -1.00. The second-order valence-corrected chi connectivity index (χ2v) is 5.57. The van der Waals surface area contributed by atoms with Crippen molar-refractivity contribution in [1.29, 1.82) is 0 Å². The van der Waals surface area contributed by atoms with Gasteiger partial charge in [-0.1, -0.05) is 6.07 Å². The first-order valence-corrected chi connectivity index (χ1v) is 7.28. The third-order valence-electron chi connectivity index (χ3n) is 2.51. The van der Waals surface area contributed by atoms with E-state index in [0.717, 1.165) is 16.9 Å². The van der Waals surface area contributed by atoms with Crippen LogP contribution in [0.1, 0.15) is 12.0 Å². The highest BCUT2D eigenvalue weighted by Gasteiger charge is 2.07. The van der Waals surface area contributed by atoms with E-state index in [1.54, 1.807) is 13.2 Å². The maximum atomic E-state index is 12.1. The number of benzene rings is 1. The topological polar surface area (TPSA) is 61.5 Å². The Morgan fingerprint density at radius 2 is 2.06 bits per heavy atom. The summed E-state index contributed by atoms with van der Waals surface area (Å²) in [5.41, 5.74) is 7.37. The summed E-state index contributed by atoms with van der Waals surface area (Å²) in [6.07, 6.45) is 0.768. The molecule has 0 aliphatic heterocycles. The average Bonchev–Trinajstić information content (AvgIpc) is 2.36. The van der Waals surface area contributed by atoms with Crippen molar-refractivity contribution >= 4 is 16.5 Å². The van der Waals surface area contributed by atoms with E-state index in [1.807, 2.05) is 19.1 Å². The van der Waals surface area contributed by atoms with Gasteiger partial charge in [-0.25, -0.2) is 0 Å². The molecule has 0 saturated heterocycles. The van der Waals surface area contributed by atoms with E-state index in [9.17, 15) is 4.21 Å². The van der Waals surface area contributed by atoms with Crippen LogP contribution in [-0.4, -0.2) is 36.9 Å². The molecule has 2 N–H and O–H groups in total. The van der Waals surface area contributed by atoms with E-state index in [-0.39, 0.29) is 0 Å². The lowest BCUT2D eigenvalue weighted by molar-refractivity contribution is 0.0713. The Hall–Kier alpha value is -0.910. The van der Waals surface area contributed by atoms with Gasteiger partial charge in [0.1, 0.15) is 0 Å². The monoisotopic (exact) mass is 271 g/mol. The van der Waals surface area contributed by atoms with Crippen LogP contribution in [0.4, 0.5) is 5.69 Å². The van der Waals surface area contributed by atoms with Gasteiger partial charge in [-0.15, -0.1) is 0 Å². The second-order valence-electron chi connectivity index (χ2n) is 4.03. The predicted molar refractivity (Wildman–Crippen MR) is 74.2 cm³/mol. The van der Waals surface area contributed by atoms with Crippen LogP contribution in [0.5, 0.6) is 0 Å². The molecule has 5 heteroatoms. The Kier molecular flexibility index (Phi) is 6.93. The largest absolute Gasteiger partial charge is 0.399 e. The van der Waals surface area contributed by atoms with Gasteiger partial charge in [0.05, 0.1) is 24.0 Å². The van der Waals surface area contributed by atoms with Crippen molar-refractivity contribution in [2.45, 2.75) is 18.2 Å². The van der Waals surface area contributed by atoms with Crippen molar-refractivity contribution in [2.24, 2.45) is 0 Å². The van der Waals surface area contributed by atoms with Gasteiger partial charge in [0.2, 0.25) is 0 Å². The van der Waals surface area contributed by atoms with Gasteiger partial charge in [-0.05, 0) is 31.0 Å². The average molecular weight is 271 g/mol. The number of hydrogen-bond acceptors (Lipinski definition) is 4. The molecule has 0 fully saturated rings. The number of anilines is 1. The van der Waals surface area contributed by atoms with E-state index >= 15 is 0 Å². The zero-order valence-electron chi connectivity index (χ0n) is 11.0. The SMILES string of the molecule is COCCOCCCS(=O)c1cc(N)ccc1C. The lowest BCUT2D eigenvalue weighted by Gasteiger charge is -2.07. The molecule has 0 saturated carbocycles. The minimum Gasteiger partial charge on any atom is -0.399 e. The van der Waals surface area contributed by atoms with E-state index in [4.69, 9.17) is 15.2 Å². The lowest BCUT2D eigenvalue weighted by Crippen LogP contribution is -2.07. The van der Waals surface area contributed by atoms with E-state index in [2.05, 4.69) is 0 Å². The highest BCUT2D eigenvalue weighted by atomic mass is 32.2. The molecule has 0 spiro atoms. The smallest absolute Gasteiger partial charge is 0.0700 e. The van der Waals surface area contributed by atoms with Crippen molar-refractivity contribution in [3.63, 3.8) is 0 Å². The maximum Gasteiger partial charge on any atom is 0.0700 e. The highest BCUT2D eigenvalue weighted by molar-refractivity contribution is 7.85. The molecule has 4 nitrogen and oxygen atoms in total. The summed E-state index contributed by atoms with van der Waals surface area (Å²) >= 11 is 0. The molecule has 1 aromatic rings. The molecule has 1 aromatic carbocycles. The molecule has 1 unspecified atom stereocenters. The minimum absolute atomic E-state index is 0.584. The van der Waals surface area contributed by atoms with Gasteiger partial charge in [0, 0.05) is 30.1 Å². The first-order valence-electron chi connectivity index (χ1n) is 5.96. The Labute approximate surface area is 111 Å². The molecule has 1 atom stereocenters. The Morgan fingerprint density at radius 1 is 1.28 bits per heavy atom. The summed E-state index contributed by atoms with van der Waals surface area (Å²) in [4.78, 5) is 0.826. The lowest BCUT2D eigenvalue weighted by atomic mass is 10.2. The molecule has 0 bridgehead atoms. The number of hydrogen-bond donors (Lipinski definition) is 1.